The zero-order chi connectivity index (χ0) is 18.6. The van der Waals surface area contributed by atoms with Gasteiger partial charge in [0.1, 0.15) is 11.5 Å². The summed E-state index contributed by atoms with van der Waals surface area (Å²) < 4.78 is 37.1. The molecular formula is C17H13F2N3O4. The lowest BCUT2D eigenvalue weighted by atomic mass is 10.1. The number of aryl methyl sites for hydroxylation is 1. The first kappa shape index (κ1) is 16.2. The number of pyridine rings is 1. The number of hydrogen-bond acceptors (Lipinski definition) is 4. The average molecular weight is 361 g/mol. The van der Waals surface area contributed by atoms with Gasteiger partial charge in [-0.05, 0) is 25.8 Å². The number of ether oxygens (including phenoxy) is 1. The maximum Gasteiger partial charge on any atom is 0.511 e. The molecule has 0 atom stereocenters. The van der Waals surface area contributed by atoms with Gasteiger partial charge in [-0.25, -0.2) is 18.6 Å². The fraction of sp³-hybridized carbons (Fsp3) is 0.235. The van der Waals surface area contributed by atoms with E-state index in [4.69, 9.17) is 5.11 Å². The average Bonchev–Trinajstić information content (AvgIpc) is 3.33. The Balaban J connectivity index is 2.09. The van der Waals surface area contributed by atoms with Crippen molar-refractivity contribution in [3.63, 3.8) is 0 Å². The summed E-state index contributed by atoms with van der Waals surface area (Å²) in [5, 5.41) is 8.52. The van der Waals surface area contributed by atoms with Gasteiger partial charge in [-0.1, -0.05) is 0 Å². The minimum atomic E-state index is -1.67. The summed E-state index contributed by atoms with van der Waals surface area (Å²) in [6, 6.07) is 0.800. The van der Waals surface area contributed by atoms with Gasteiger partial charge in [0.05, 0.1) is 17.1 Å². The van der Waals surface area contributed by atoms with Gasteiger partial charge < -0.3 is 14.4 Å². The van der Waals surface area contributed by atoms with Crippen LogP contribution in [0.2, 0.25) is 0 Å². The number of benzene rings is 1. The third kappa shape index (κ3) is 2.43. The quantitative estimate of drug-likeness (QED) is 0.724. The van der Waals surface area contributed by atoms with Gasteiger partial charge in [0.2, 0.25) is 5.43 Å². The van der Waals surface area contributed by atoms with Crippen molar-refractivity contribution < 1.29 is 23.4 Å². The molecule has 0 unspecified atom stereocenters. The van der Waals surface area contributed by atoms with Crippen molar-refractivity contribution in [2.24, 2.45) is 0 Å². The molecule has 7 nitrogen and oxygen atoms in total. The first-order valence-electron chi connectivity index (χ1n) is 7.86. The molecule has 1 aromatic carbocycles. The Morgan fingerprint density at radius 1 is 1.38 bits per heavy atom. The van der Waals surface area contributed by atoms with Crippen molar-refractivity contribution >= 4 is 17.1 Å². The van der Waals surface area contributed by atoms with Crippen LogP contribution in [0.3, 0.4) is 0 Å². The van der Waals surface area contributed by atoms with E-state index in [2.05, 4.69) is 9.72 Å². The van der Waals surface area contributed by atoms with E-state index in [1.54, 1.807) is 6.92 Å². The van der Waals surface area contributed by atoms with Gasteiger partial charge >= 0.3 is 6.16 Å². The molecule has 1 fully saturated rings. The highest BCUT2D eigenvalue weighted by Crippen LogP contribution is 2.39. The Morgan fingerprint density at radius 3 is 2.69 bits per heavy atom. The van der Waals surface area contributed by atoms with E-state index >= 15 is 4.39 Å². The number of fused-ring (bicyclic) bond motifs is 1. The van der Waals surface area contributed by atoms with Gasteiger partial charge in [0, 0.05) is 18.4 Å². The van der Waals surface area contributed by atoms with Crippen molar-refractivity contribution in [3.8, 4) is 11.4 Å². The van der Waals surface area contributed by atoms with Crippen LogP contribution in [-0.2, 0) is 0 Å². The summed E-state index contributed by atoms with van der Waals surface area (Å²) in [5.74, 6) is -1.97. The monoisotopic (exact) mass is 361 g/mol. The molecule has 0 amide bonds. The summed E-state index contributed by atoms with van der Waals surface area (Å²) in [4.78, 5) is 27.2. The van der Waals surface area contributed by atoms with E-state index in [0.29, 0.717) is 5.82 Å². The lowest BCUT2D eigenvalue weighted by Gasteiger charge is -2.16. The number of nitrogens with zero attached hydrogens (tertiary/aromatic N) is 3. The van der Waals surface area contributed by atoms with E-state index in [-0.39, 0.29) is 22.6 Å². The normalized spacial score (nSPS) is 14.0. The number of halogens is 2. The molecule has 26 heavy (non-hydrogen) atoms. The van der Waals surface area contributed by atoms with Gasteiger partial charge in [0.25, 0.3) is 0 Å². The van der Waals surface area contributed by atoms with E-state index in [1.165, 1.54) is 27.7 Å². The largest absolute Gasteiger partial charge is 0.511 e. The highest BCUT2D eigenvalue weighted by atomic mass is 19.1. The molecule has 0 radical (unpaired) electrons. The van der Waals surface area contributed by atoms with Crippen LogP contribution < -0.4 is 10.2 Å². The van der Waals surface area contributed by atoms with Crippen LogP contribution in [0.25, 0.3) is 16.6 Å². The lowest BCUT2D eigenvalue weighted by molar-refractivity contribution is 0.143. The Bertz CT molecular complexity index is 1120. The van der Waals surface area contributed by atoms with Crippen LogP contribution in [-0.4, -0.2) is 25.4 Å². The summed E-state index contributed by atoms with van der Waals surface area (Å²) in [6.07, 6.45) is 3.81. The van der Waals surface area contributed by atoms with Gasteiger partial charge in [-0.3, -0.25) is 9.36 Å². The maximum absolute atomic E-state index is 15.3. The smallest absolute Gasteiger partial charge is 0.449 e. The Morgan fingerprint density at radius 2 is 2.12 bits per heavy atom. The van der Waals surface area contributed by atoms with Crippen LogP contribution >= 0.6 is 0 Å². The molecule has 1 N–H and O–H groups in total. The predicted octanol–water partition coefficient (Wildman–Crippen LogP) is 3.17. The molecule has 0 aliphatic heterocycles. The summed E-state index contributed by atoms with van der Waals surface area (Å²) in [7, 11) is 0. The van der Waals surface area contributed by atoms with E-state index in [0.717, 1.165) is 18.9 Å². The topological polar surface area (TPSA) is 86.3 Å². The van der Waals surface area contributed by atoms with Crippen LogP contribution in [0, 0.1) is 18.6 Å². The molecule has 9 heteroatoms. The Labute approximate surface area is 145 Å². The number of aromatic nitrogens is 3. The molecule has 2 aromatic heterocycles. The molecule has 1 aliphatic rings. The molecule has 0 saturated heterocycles. The van der Waals surface area contributed by atoms with Crippen molar-refractivity contribution in [1.82, 2.24) is 14.1 Å². The zero-order valence-electron chi connectivity index (χ0n) is 13.6. The third-order valence-corrected chi connectivity index (χ3v) is 4.36. The Kier molecular flexibility index (Phi) is 3.53. The number of carbonyl (C=O) groups is 1. The molecule has 0 spiro atoms. The molecule has 3 aromatic rings. The molecule has 0 bridgehead atoms. The SMILES string of the molecule is Cc1nccn1-c1c(F)cc2c(=O)c(OC(=O)O)cn(C3CC3)c2c1F. The van der Waals surface area contributed by atoms with Crippen molar-refractivity contribution in [2.45, 2.75) is 25.8 Å². The van der Waals surface area contributed by atoms with Crippen LogP contribution in [0.1, 0.15) is 24.7 Å². The number of rotatable bonds is 3. The second-order valence-electron chi connectivity index (χ2n) is 6.09. The third-order valence-electron chi connectivity index (χ3n) is 4.36. The van der Waals surface area contributed by atoms with E-state index in [9.17, 15) is 14.0 Å². The summed E-state index contributed by atoms with van der Waals surface area (Å²) >= 11 is 0. The van der Waals surface area contributed by atoms with Gasteiger partial charge in [-0.15, -0.1) is 0 Å². The first-order chi connectivity index (χ1) is 12.4. The summed E-state index contributed by atoms with van der Waals surface area (Å²) in [5.41, 5.74) is -1.31. The van der Waals surface area contributed by atoms with Crippen LogP contribution in [0.5, 0.6) is 5.75 Å². The molecule has 4 rings (SSSR count). The minimum Gasteiger partial charge on any atom is -0.449 e. The first-order valence-corrected chi connectivity index (χ1v) is 7.86. The van der Waals surface area contributed by atoms with Crippen molar-refractivity contribution in [1.29, 1.82) is 0 Å². The molecule has 134 valence electrons. The van der Waals surface area contributed by atoms with Gasteiger partial charge in [-0.2, -0.15) is 0 Å². The second-order valence-corrected chi connectivity index (χ2v) is 6.09. The van der Waals surface area contributed by atoms with Crippen molar-refractivity contribution in [2.75, 3.05) is 0 Å². The van der Waals surface area contributed by atoms with Crippen LogP contribution in [0.15, 0.2) is 29.5 Å². The number of hydrogen-bond donors (Lipinski definition) is 1. The zero-order valence-corrected chi connectivity index (χ0v) is 13.6. The van der Waals surface area contributed by atoms with Crippen LogP contribution in [0.4, 0.5) is 13.6 Å². The predicted molar refractivity (Wildman–Crippen MR) is 86.9 cm³/mol. The number of carboxylic acid groups (broad SMARTS) is 1. The van der Waals surface area contributed by atoms with Crippen molar-refractivity contribution in [3.05, 3.63) is 52.3 Å². The highest BCUT2D eigenvalue weighted by Gasteiger charge is 2.30. The molecular weight excluding hydrogens is 348 g/mol. The second kappa shape index (κ2) is 5.65. The molecule has 1 aliphatic carbocycles. The highest BCUT2D eigenvalue weighted by molar-refractivity contribution is 5.84. The van der Waals surface area contributed by atoms with E-state index in [1.807, 2.05) is 0 Å². The summed E-state index contributed by atoms with van der Waals surface area (Å²) in [6.45, 7) is 1.60. The number of imidazole rings is 1. The van der Waals surface area contributed by atoms with Gasteiger partial charge in [0.15, 0.2) is 17.4 Å². The standard InChI is InChI=1S/C17H13F2N3O4/c1-8-20-4-5-21(8)15-11(18)6-10-14(13(15)19)22(9-2-3-9)7-12(16(10)23)26-17(24)25/h4-7,9H,2-3H2,1H3,(H,24,25). The molecule has 2 heterocycles. The lowest BCUT2D eigenvalue weighted by Crippen LogP contribution is -2.18. The maximum atomic E-state index is 15.3. The Hall–Kier alpha value is -3.23. The minimum absolute atomic E-state index is 0.0836. The molecule has 1 saturated carbocycles. The van der Waals surface area contributed by atoms with E-state index < -0.39 is 29.0 Å². The fourth-order valence-electron chi connectivity index (χ4n) is 3.05. The fourth-order valence-corrected chi connectivity index (χ4v) is 3.05.